The quantitative estimate of drug-likeness (QED) is 0.416. The molecule has 0 unspecified atom stereocenters. The Balaban J connectivity index is 1.81. The van der Waals surface area contributed by atoms with Crippen LogP contribution in [0.5, 0.6) is 0 Å². The van der Waals surface area contributed by atoms with Gasteiger partial charge in [0.15, 0.2) is 0 Å². The van der Waals surface area contributed by atoms with E-state index in [1.165, 1.54) is 23.1 Å². The van der Waals surface area contributed by atoms with Crippen LogP contribution in [-0.2, 0) is 29.7 Å². The molecule has 0 saturated heterocycles. The Kier molecular flexibility index (Phi) is 8.78. The molecule has 7 heteroatoms. The molecule has 33 heavy (non-hydrogen) atoms. The minimum absolute atomic E-state index is 0.101. The third kappa shape index (κ3) is 7.02. The van der Waals surface area contributed by atoms with E-state index < -0.39 is 5.82 Å². The molecule has 0 aliphatic rings. The molecule has 3 rings (SSSR count). The number of ether oxygens (including phenoxy) is 1. The lowest BCUT2D eigenvalue weighted by Crippen LogP contribution is -2.43. The number of hydrogen-bond acceptors (Lipinski definition) is 3. The molecule has 0 saturated carbocycles. The van der Waals surface area contributed by atoms with Crippen LogP contribution in [-0.4, -0.2) is 53.0 Å². The molecule has 0 aliphatic heterocycles. The van der Waals surface area contributed by atoms with Crippen LogP contribution < -0.4 is 0 Å². The maximum Gasteiger partial charge on any atom is 0.254 e. The molecule has 174 valence electrons. The van der Waals surface area contributed by atoms with Gasteiger partial charge >= 0.3 is 0 Å². The summed E-state index contributed by atoms with van der Waals surface area (Å²) in [6.45, 7) is 1.52. The minimum atomic E-state index is -0.488. The Morgan fingerprint density at radius 2 is 1.76 bits per heavy atom. The monoisotopic (exact) mass is 451 g/mol. The van der Waals surface area contributed by atoms with E-state index in [-0.39, 0.29) is 23.9 Å². The second kappa shape index (κ2) is 12.0. The van der Waals surface area contributed by atoms with E-state index >= 15 is 0 Å². The van der Waals surface area contributed by atoms with Gasteiger partial charge in [-0.25, -0.2) is 4.39 Å². The number of carbonyl (C=O) groups is 2. The van der Waals surface area contributed by atoms with Gasteiger partial charge in [-0.1, -0.05) is 36.4 Å². The molecule has 0 spiro atoms. The molecule has 2 aromatic carbocycles. The Labute approximate surface area is 194 Å². The number of aromatic nitrogens is 1. The summed E-state index contributed by atoms with van der Waals surface area (Å²) in [7, 11) is 3.52. The lowest BCUT2D eigenvalue weighted by Gasteiger charge is -2.28. The van der Waals surface area contributed by atoms with Gasteiger partial charge in [0.25, 0.3) is 5.91 Å². The van der Waals surface area contributed by atoms with Gasteiger partial charge in [-0.3, -0.25) is 9.59 Å². The number of methoxy groups -OCH3 is 1. The molecule has 0 atom stereocenters. The van der Waals surface area contributed by atoms with Crippen LogP contribution >= 0.6 is 0 Å². The van der Waals surface area contributed by atoms with Gasteiger partial charge in [0.05, 0.1) is 6.54 Å². The van der Waals surface area contributed by atoms with Crippen molar-refractivity contribution in [1.29, 1.82) is 0 Å². The van der Waals surface area contributed by atoms with Crippen molar-refractivity contribution in [2.75, 3.05) is 26.8 Å². The van der Waals surface area contributed by atoms with E-state index in [1.54, 1.807) is 18.1 Å². The number of carbonyl (C=O) groups excluding carboxylic acids is 2. The highest BCUT2D eigenvalue weighted by Gasteiger charge is 2.23. The highest BCUT2D eigenvalue weighted by Crippen LogP contribution is 2.14. The summed E-state index contributed by atoms with van der Waals surface area (Å²) in [5.41, 5.74) is 2.21. The van der Waals surface area contributed by atoms with Crippen molar-refractivity contribution in [3.05, 3.63) is 95.6 Å². The van der Waals surface area contributed by atoms with Crippen molar-refractivity contribution in [3.8, 4) is 0 Å². The van der Waals surface area contributed by atoms with E-state index in [4.69, 9.17) is 4.74 Å². The molecule has 1 heterocycles. The highest BCUT2D eigenvalue weighted by atomic mass is 19.1. The molecule has 0 radical (unpaired) electrons. The number of benzene rings is 2. The summed E-state index contributed by atoms with van der Waals surface area (Å²) < 4.78 is 20.8. The summed E-state index contributed by atoms with van der Waals surface area (Å²) in [5, 5.41) is 0. The Hall–Kier alpha value is -3.45. The molecule has 0 N–H and O–H groups in total. The maximum absolute atomic E-state index is 13.7. The topological polar surface area (TPSA) is 54.8 Å². The standard InChI is InChI=1S/C26H30FN3O3/c1-28-14-7-13-24(28)19-30(18-21-9-4-3-5-10-21)25(31)20-29(15-8-16-33-2)26(32)22-11-6-12-23(27)17-22/h3-7,9-14,17H,8,15-16,18-20H2,1-2H3. The molecule has 6 nitrogen and oxygen atoms in total. The Morgan fingerprint density at radius 1 is 0.970 bits per heavy atom. The van der Waals surface area contributed by atoms with Crippen LogP contribution in [0, 0.1) is 5.82 Å². The first-order valence-electron chi connectivity index (χ1n) is 10.9. The number of amides is 2. The molecule has 2 amide bonds. The largest absolute Gasteiger partial charge is 0.385 e. The van der Waals surface area contributed by atoms with Crippen molar-refractivity contribution in [1.82, 2.24) is 14.4 Å². The molecule has 3 aromatic rings. The van der Waals surface area contributed by atoms with E-state index in [1.807, 2.05) is 60.3 Å². The predicted octanol–water partition coefficient (Wildman–Crippen LogP) is 3.87. The van der Waals surface area contributed by atoms with Crippen molar-refractivity contribution >= 4 is 11.8 Å². The Bertz CT molecular complexity index is 1050. The lowest BCUT2D eigenvalue weighted by atomic mass is 10.1. The van der Waals surface area contributed by atoms with Gasteiger partial charge in [0.2, 0.25) is 5.91 Å². The summed E-state index contributed by atoms with van der Waals surface area (Å²) in [6, 6.07) is 19.2. The summed E-state index contributed by atoms with van der Waals surface area (Å²) in [5.74, 6) is -1.04. The molecular formula is C26H30FN3O3. The van der Waals surface area contributed by atoms with Crippen molar-refractivity contribution in [3.63, 3.8) is 0 Å². The second-order valence-corrected chi connectivity index (χ2v) is 7.93. The molecular weight excluding hydrogens is 421 g/mol. The van der Waals surface area contributed by atoms with Crippen molar-refractivity contribution in [2.45, 2.75) is 19.5 Å². The molecule has 1 aromatic heterocycles. The predicted molar refractivity (Wildman–Crippen MR) is 125 cm³/mol. The van der Waals surface area contributed by atoms with E-state index in [0.717, 1.165) is 11.3 Å². The van der Waals surface area contributed by atoms with Gasteiger partial charge in [-0.05, 0) is 42.3 Å². The van der Waals surface area contributed by atoms with Gasteiger partial charge in [0, 0.05) is 51.3 Å². The zero-order valence-corrected chi connectivity index (χ0v) is 19.1. The van der Waals surface area contributed by atoms with Gasteiger partial charge in [-0.2, -0.15) is 0 Å². The zero-order chi connectivity index (χ0) is 23.6. The summed E-state index contributed by atoms with van der Waals surface area (Å²) >= 11 is 0. The molecule has 0 bridgehead atoms. The van der Waals surface area contributed by atoms with Crippen LogP contribution in [0.2, 0.25) is 0 Å². The van der Waals surface area contributed by atoms with E-state index in [0.29, 0.717) is 32.7 Å². The third-order valence-corrected chi connectivity index (χ3v) is 5.43. The zero-order valence-electron chi connectivity index (χ0n) is 19.1. The van der Waals surface area contributed by atoms with Crippen LogP contribution in [0.25, 0.3) is 0 Å². The van der Waals surface area contributed by atoms with Gasteiger partial charge < -0.3 is 19.1 Å². The number of aryl methyl sites for hydroxylation is 1. The SMILES string of the molecule is COCCCN(CC(=O)N(Cc1ccccc1)Cc1cccn1C)C(=O)c1cccc(F)c1. The second-order valence-electron chi connectivity index (χ2n) is 7.93. The van der Waals surface area contributed by atoms with E-state index in [2.05, 4.69) is 0 Å². The minimum Gasteiger partial charge on any atom is -0.385 e. The molecule has 0 aliphatic carbocycles. The van der Waals surface area contributed by atoms with Crippen LogP contribution in [0.4, 0.5) is 4.39 Å². The summed E-state index contributed by atoms with van der Waals surface area (Å²) in [6.07, 6.45) is 2.51. The first kappa shape index (κ1) is 24.2. The maximum atomic E-state index is 13.7. The first-order valence-corrected chi connectivity index (χ1v) is 10.9. The van der Waals surface area contributed by atoms with Crippen molar-refractivity contribution < 1.29 is 18.7 Å². The average molecular weight is 452 g/mol. The van der Waals surface area contributed by atoms with Crippen LogP contribution in [0.3, 0.4) is 0 Å². The van der Waals surface area contributed by atoms with Crippen molar-refractivity contribution in [2.24, 2.45) is 7.05 Å². The highest BCUT2D eigenvalue weighted by molar-refractivity contribution is 5.96. The average Bonchev–Trinajstić information content (AvgIpc) is 3.22. The van der Waals surface area contributed by atoms with Crippen LogP contribution in [0.15, 0.2) is 72.9 Å². The molecule has 0 fully saturated rings. The fourth-order valence-corrected chi connectivity index (χ4v) is 3.61. The van der Waals surface area contributed by atoms with E-state index in [9.17, 15) is 14.0 Å². The third-order valence-electron chi connectivity index (χ3n) is 5.43. The number of nitrogens with zero attached hydrogens (tertiary/aromatic N) is 3. The first-order chi connectivity index (χ1) is 16.0. The fourth-order valence-electron chi connectivity index (χ4n) is 3.61. The normalized spacial score (nSPS) is 10.8. The Morgan fingerprint density at radius 3 is 2.42 bits per heavy atom. The van der Waals surface area contributed by atoms with Gasteiger partial charge in [-0.15, -0.1) is 0 Å². The number of hydrogen-bond donors (Lipinski definition) is 0. The van der Waals surface area contributed by atoms with Crippen LogP contribution in [0.1, 0.15) is 28.0 Å². The summed E-state index contributed by atoms with van der Waals surface area (Å²) in [4.78, 5) is 29.8. The number of halogens is 1. The van der Waals surface area contributed by atoms with Gasteiger partial charge in [0.1, 0.15) is 12.4 Å². The fraction of sp³-hybridized carbons (Fsp3) is 0.308. The lowest BCUT2D eigenvalue weighted by molar-refractivity contribution is -0.133. The number of rotatable bonds is 11. The smallest absolute Gasteiger partial charge is 0.254 e.